The van der Waals surface area contributed by atoms with Crippen LogP contribution in [0.2, 0.25) is 0 Å². The van der Waals surface area contributed by atoms with Crippen molar-refractivity contribution in [2.24, 2.45) is 0 Å². The molecule has 2 aromatic rings. The molecule has 0 fully saturated rings. The second-order valence-electron chi connectivity index (χ2n) is 5.90. The fourth-order valence-electron chi connectivity index (χ4n) is 2.42. The van der Waals surface area contributed by atoms with E-state index in [0.717, 1.165) is 24.2 Å². The van der Waals surface area contributed by atoms with Crippen molar-refractivity contribution in [3.05, 3.63) is 59.4 Å². The highest BCUT2D eigenvalue weighted by Crippen LogP contribution is 2.12. The Morgan fingerprint density at radius 3 is 2.65 bits per heavy atom. The number of ether oxygens (including phenoxy) is 1. The van der Waals surface area contributed by atoms with Crippen molar-refractivity contribution in [3.63, 3.8) is 0 Å². The average Bonchev–Trinajstić information content (AvgIpc) is 2.68. The van der Waals surface area contributed by atoms with Crippen molar-refractivity contribution in [1.29, 1.82) is 0 Å². The van der Waals surface area contributed by atoms with Gasteiger partial charge in [-0.15, -0.1) is 0 Å². The summed E-state index contributed by atoms with van der Waals surface area (Å²) in [5, 5.41) is 5.66. The first kappa shape index (κ1) is 19.4. The highest BCUT2D eigenvalue weighted by molar-refractivity contribution is 5.98. The van der Waals surface area contributed by atoms with Crippen LogP contribution >= 0.6 is 0 Å². The molecule has 138 valence electrons. The molecule has 1 aromatic heterocycles. The standard InChI is InChI=1S/C20H25N3O3/c1-3-4-10-22-20(25)18-14-16(9-12-21-18)19(24)23-11-8-15-6-5-7-17(13-15)26-2/h5-7,9,12-14H,3-4,8,10-11H2,1-2H3,(H,22,25)(H,23,24). The van der Waals surface area contributed by atoms with Crippen LogP contribution in [0, 0.1) is 0 Å². The number of carbonyl (C=O) groups excluding carboxylic acids is 2. The van der Waals surface area contributed by atoms with Gasteiger partial charge >= 0.3 is 0 Å². The fraction of sp³-hybridized carbons (Fsp3) is 0.350. The summed E-state index contributed by atoms with van der Waals surface area (Å²) < 4.78 is 5.19. The summed E-state index contributed by atoms with van der Waals surface area (Å²) in [4.78, 5) is 28.4. The predicted octanol–water partition coefficient (Wildman–Crippen LogP) is 2.59. The Morgan fingerprint density at radius 1 is 1.08 bits per heavy atom. The number of carbonyl (C=O) groups is 2. The number of hydrogen-bond acceptors (Lipinski definition) is 4. The Balaban J connectivity index is 1.88. The monoisotopic (exact) mass is 355 g/mol. The Kier molecular flexibility index (Phi) is 7.61. The van der Waals surface area contributed by atoms with Gasteiger partial charge in [0.2, 0.25) is 0 Å². The lowest BCUT2D eigenvalue weighted by Gasteiger charge is -2.08. The number of unbranched alkanes of at least 4 members (excludes halogenated alkanes) is 1. The van der Waals surface area contributed by atoms with Crippen molar-refractivity contribution in [1.82, 2.24) is 15.6 Å². The molecule has 2 amide bonds. The van der Waals surface area contributed by atoms with Gasteiger partial charge in [0, 0.05) is 24.8 Å². The largest absolute Gasteiger partial charge is 0.497 e. The number of hydrogen-bond donors (Lipinski definition) is 2. The summed E-state index contributed by atoms with van der Waals surface area (Å²) in [6.07, 6.45) is 4.09. The zero-order valence-corrected chi connectivity index (χ0v) is 15.2. The van der Waals surface area contributed by atoms with Crippen molar-refractivity contribution >= 4 is 11.8 Å². The summed E-state index contributed by atoms with van der Waals surface area (Å²) in [6.45, 7) is 3.15. The first-order chi connectivity index (χ1) is 12.6. The second-order valence-corrected chi connectivity index (χ2v) is 5.90. The molecule has 0 aliphatic rings. The molecule has 0 saturated carbocycles. The smallest absolute Gasteiger partial charge is 0.269 e. The van der Waals surface area contributed by atoms with Crippen LogP contribution in [0.3, 0.4) is 0 Å². The van der Waals surface area contributed by atoms with E-state index in [-0.39, 0.29) is 17.5 Å². The van der Waals surface area contributed by atoms with Gasteiger partial charge in [0.15, 0.2) is 0 Å². The molecular formula is C20H25N3O3. The lowest BCUT2D eigenvalue weighted by atomic mass is 10.1. The molecule has 1 heterocycles. The summed E-state index contributed by atoms with van der Waals surface area (Å²) >= 11 is 0. The molecule has 0 unspecified atom stereocenters. The molecule has 26 heavy (non-hydrogen) atoms. The average molecular weight is 355 g/mol. The quantitative estimate of drug-likeness (QED) is 0.678. The summed E-state index contributed by atoms with van der Waals surface area (Å²) in [5.74, 6) is 0.309. The van der Waals surface area contributed by atoms with E-state index in [1.807, 2.05) is 24.3 Å². The van der Waals surface area contributed by atoms with Crippen LogP contribution in [0.15, 0.2) is 42.6 Å². The normalized spacial score (nSPS) is 10.2. The van der Waals surface area contributed by atoms with Crippen LogP contribution in [-0.2, 0) is 6.42 Å². The van der Waals surface area contributed by atoms with Crippen molar-refractivity contribution in [3.8, 4) is 5.75 Å². The third-order valence-electron chi connectivity index (χ3n) is 3.90. The maximum atomic E-state index is 12.3. The molecule has 0 aliphatic carbocycles. The topological polar surface area (TPSA) is 80.3 Å². The number of nitrogens with one attached hydrogen (secondary N) is 2. The van der Waals surface area contributed by atoms with Gasteiger partial charge in [-0.1, -0.05) is 25.5 Å². The number of aromatic nitrogens is 1. The number of methoxy groups -OCH3 is 1. The Labute approximate surface area is 154 Å². The van der Waals surface area contributed by atoms with Crippen molar-refractivity contribution in [2.75, 3.05) is 20.2 Å². The maximum absolute atomic E-state index is 12.3. The van der Waals surface area contributed by atoms with Gasteiger partial charge in [0.05, 0.1) is 7.11 Å². The van der Waals surface area contributed by atoms with Crippen LogP contribution in [0.25, 0.3) is 0 Å². The van der Waals surface area contributed by atoms with E-state index in [4.69, 9.17) is 4.74 Å². The number of amides is 2. The minimum Gasteiger partial charge on any atom is -0.497 e. The van der Waals surface area contributed by atoms with Gasteiger partial charge in [0.25, 0.3) is 11.8 Å². The van der Waals surface area contributed by atoms with E-state index in [1.165, 1.54) is 12.3 Å². The highest BCUT2D eigenvalue weighted by atomic mass is 16.5. The second kappa shape index (κ2) is 10.2. The number of benzene rings is 1. The van der Waals surface area contributed by atoms with Crippen molar-refractivity contribution < 1.29 is 14.3 Å². The third kappa shape index (κ3) is 5.88. The van der Waals surface area contributed by atoms with Gasteiger partial charge in [-0.05, 0) is 42.7 Å². The van der Waals surface area contributed by atoms with Gasteiger partial charge in [0.1, 0.15) is 11.4 Å². The van der Waals surface area contributed by atoms with E-state index in [1.54, 1.807) is 13.2 Å². The molecule has 0 saturated heterocycles. The summed E-state index contributed by atoms with van der Waals surface area (Å²) in [5.41, 5.74) is 1.75. The van der Waals surface area contributed by atoms with Gasteiger partial charge < -0.3 is 15.4 Å². The predicted molar refractivity (Wildman–Crippen MR) is 101 cm³/mol. The van der Waals surface area contributed by atoms with Gasteiger partial charge in [-0.2, -0.15) is 0 Å². The minimum atomic E-state index is -0.260. The highest BCUT2D eigenvalue weighted by Gasteiger charge is 2.11. The first-order valence-corrected chi connectivity index (χ1v) is 8.79. The molecule has 0 aliphatic heterocycles. The van der Waals surface area contributed by atoms with Crippen LogP contribution in [0.1, 0.15) is 46.2 Å². The summed E-state index contributed by atoms with van der Waals surface area (Å²) in [6, 6.07) is 10.8. The summed E-state index contributed by atoms with van der Waals surface area (Å²) in [7, 11) is 1.63. The lowest BCUT2D eigenvalue weighted by Crippen LogP contribution is -2.28. The number of nitrogens with zero attached hydrogens (tertiary/aromatic N) is 1. The lowest BCUT2D eigenvalue weighted by molar-refractivity contribution is 0.0948. The van der Waals surface area contributed by atoms with E-state index >= 15 is 0 Å². The first-order valence-electron chi connectivity index (χ1n) is 8.79. The van der Waals surface area contributed by atoms with E-state index in [2.05, 4.69) is 22.5 Å². The molecule has 0 atom stereocenters. The third-order valence-corrected chi connectivity index (χ3v) is 3.90. The molecule has 0 spiro atoms. The molecule has 1 aromatic carbocycles. The number of pyridine rings is 1. The van der Waals surface area contributed by atoms with Gasteiger partial charge in [-0.3, -0.25) is 14.6 Å². The fourth-order valence-corrected chi connectivity index (χ4v) is 2.42. The van der Waals surface area contributed by atoms with Gasteiger partial charge in [-0.25, -0.2) is 0 Å². The zero-order chi connectivity index (χ0) is 18.8. The number of rotatable bonds is 9. The maximum Gasteiger partial charge on any atom is 0.269 e. The molecule has 6 heteroatoms. The van der Waals surface area contributed by atoms with Crippen LogP contribution < -0.4 is 15.4 Å². The zero-order valence-electron chi connectivity index (χ0n) is 15.2. The molecule has 0 radical (unpaired) electrons. The molecular weight excluding hydrogens is 330 g/mol. The van der Waals surface area contributed by atoms with Crippen LogP contribution in [-0.4, -0.2) is 37.0 Å². The molecule has 2 N–H and O–H groups in total. The van der Waals surface area contributed by atoms with E-state index < -0.39 is 0 Å². The van der Waals surface area contributed by atoms with Crippen LogP contribution in [0.5, 0.6) is 5.75 Å². The Bertz CT molecular complexity index is 747. The van der Waals surface area contributed by atoms with Crippen molar-refractivity contribution in [2.45, 2.75) is 26.2 Å². The molecule has 2 rings (SSSR count). The Morgan fingerprint density at radius 2 is 1.88 bits per heavy atom. The minimum absolute atomic E-state index is 0.224. The molecule has 0 bridgehead atoms. The Hall–Kier alpha value is -2.89. The van der Waals surface area contributed by atoms with E-state index in [0.29, 0.717) is 25.1 Å². The molecule has 6 nitrogen and oxygen atoms in total. The SMILES string of the molecule is CCCCNC(=O)c1cc(C(=O)NCCc2cccc(OC)c2)ccn1. The van der Waals surface area contributed by atoms with Crippen LogP contribution in [0.4, 0.5) is 0 Å². The van der Waals surface area contributed by atoms with E-state index in [9.17, 15) is 9.59 Å².